The minimum atomic E-state index is 0.147. The normalized spacial score (nSPS) is 16.4. The van der Waals surface area contributed by atoms with E-state index in [2.05, 4.69) is 9.55 Å². The quantitative estimate of drug-likeness (QED) is 0.615. The van der Waals surface area contributed by atoms with Crippen LogP contribution in [-0.2, 0) is 11.3 Å². The van der Waals surface area contributed by atoms with Crippen LogP contribution in [0.5, 0.6) is 5.75 Å². The summed E-state index contributed by atoms with van der Waals surface area (Å²) in [6.07, 6.45) is 3.69. The maximum atomic E-state index is 11.6. The van der Waals surface area contributed by atoms with Gasteiger partial charge in [-0.3, -0.25) is 4.79 Å². The van der Waals surface area contributed by atoms with Gasteiger partial charge >= 0.3 is 0 Å². The second kappa shape index (κ2) is 8.73. The van der Waals surface area contributed by atoms with Gasteiger partial charge < -0.3 is 19.9 Å². The lowest BCUT2D eigenvalue weighted by Gasteiger charge is -2.15. The van der Waals surface area contributed by atoms with E-state index in [-0.39, 0.29) is 5.91 Å². The van der Waals surface area contributed by atoms with Crippen molar-refractivity contribution in [1.82, 2.24) is 19.4 Å². The number of hydrogen-bond acceptors (Lipinski definition) is 6. The van der Waals surface area contributed by atoms with Crippen LogP contribution in [0.15, 0.2) is 40.5 Å². The van der Waals surface area contributed by atoms with E-state index in [9.17, 15) is 4.79 Å². The molecular formula is C21H24ClN5O2S. The molecule has 2 N–H and O–H groups in total. The molecule has 9 heteroatoms. The number of nitrogen functional groups attached to an aromatic ring is 1. The molecule has 158 valence electrons. The molecule has 0 aliphatic carbocycles. The Labute approximate surface area is 184 Å². The van der Waals surface area contributed by atoms with Crippen LogP contribution in [0, 0.1) is 5.92 Å². The predicted octanol–water partition coefficient (Wildman–Crippen LogP) is 4.09. The number of hydrogen-bond donors (Lipinski definition) is 1. The molecule has 0 radical (unpaired) electrons. The number of aromatic nitrogens is 3. The number of anilines is 1. The standard InChI is InChI=1S/C21H24ClN5O2S/c1-13(28)26-9-6-14(12-26)7-10-27-17-5-8-24-20(23)19(17)25-21(27)30-18-11-15(29-2)3-4-16(18)22/h3-5,8,11,14H,6-7,9-10,12H2,1-2H3,(H2,23,24). The number of pyridine rings is 1. The summed E-state index contributed by atoms with van der Waals surface area (Å²) in [7, 11) is 1.63. The van der Waals surface area contributed by atoms with Gasteiger partial charge in [-0.2, -0.15) is 0 Å². The van der Waals surface area contributed by atoms with Gasteiger partial charge in [-0.15, -0.1) is 0 Å². The van der Waals surface area contributed by atoms with Crippen molar-refractivity contribution in [2.45, 2.75) is 36.4 Å². The molecule has 0 saturated carbocycles. The molecule has 1 saturated heterocycles. The van der Waals surface area contributed by atoms with Crippen LogP contribution in [0.3, 0.4) is 0 Å². The van der Waals surface area contributed by atoms with Gasteiger partial charge in [-0.25, -0.2) is 9.97 Å². The molecule has 4 rings (SSSR count). The van der Waals surface area contributed by atoms with Crippen molar-refractivity contribution >= 4 is 46.1 Å². The summed E-state index contributed by atoms with van der Waals surface area (Å²) in [5, 5.41) is 1.44. The lowest BCUT2D eigenvalue weighted by molar-refractivity contribution is -0.127. The molecular weight excluding hydrogens is 422 g/mol. The Morgan fingerprint density at radius 3 is 2.97 bits per heavy atom. The van der Waals surface area contributed by atoms with Crippen LogP contribution in [0.2, 0.25) is 5.02 Å². The maximum Gasteiger partial charge on any atom is 0.219 e. The smallest absolute Gasteiger partial charge is 0.219 e. The highest BCUT2D eigenvalue weighted by Crippen LogP contribution is 2.37. The van der Waals surface area contributed by atoms with Crippen molar-refractivity contribution in [3.8, 4) is 5.75 Å². The molecule has 1 aromatic carbocycles. The fourth-order valence-corrected chi connectivity index (χ4v) is 5.01. The molecule has 30 heavy (non-hydrogen) atoms. The van der Waals surface area contributed by atoms with E-state index in [1.54, 1.807) is 20.2 Å². The van der Waals surface area contributed by atoms with Crippen molar-refractivity contribution in [2.24, 2.45) is 5.92 Å². The van der Waals surface area contributed by atoms with Crippen LogP contribution >= 0.6 is 23.4 Å². The highest BCUT2D eigenvalue weighted by molar-refractivity contribution is 7.99. The fourth-order valence-electron chi connectivity index (χ4n) is 3.80. The number of amides is 1. The van der Waals surface area contributed by atoms with E-state index >= 15 is 0 Å². The largest absolute Gasteiger partial charge is 0.497 e. The number of methoxy groups -OCH3 is 1. The monoisotopic (exact) mass is 445 g/mol. The number of nitrogens with zero attached hydrogens (tertiary/aromatic N) is 4. The van der Waals surface area contributed by atoms with Gasteiger partial charge in [0.05, 0.1) is 17.6 Å². The van der Waals surface area contributed by atoms with E-state index in [4.69, 9.17) is 27.1 Å². The molecule has 1 aliphatic heterocycles. The van der Waals surface area contributed by atoms with E-state index in [0.29, 0.717) is 22.3 Å². The summed E-state index contributed by atoms with van der Waals surface area (Å²) in [4.78, 5) is 23.4. The Hall–Kier alpha value is -2.45. The molecule has 3 aromatic rings. The molecule has 1 atom stereocenters. The molecule has 7 nitrogen and oxygen atoms in total. The van der Waals surface area contributed by atoms with Crippen LogP contribution in [0.4, 0.5) is 5.82 Å². The summed E-state index contributed by atoms with van der Waals surface area (Å²) in [6, 6.07) is 7.49. The van der Waals surface area contributed by atoms with Crippen molar-refractivity contribution in [3.05, 3.63) is 35.5 Å². The third-order valence-electron chi connectivity index (χ3n) is 5.49. The first kappa shape index (κ1) is 20.8. The van der Waals surface area contributed by atoms with Gasteiger partial charge in [-0.05, 0) is 54.8 Å². The molecule has 3 heterocycles. The number of rotatable bonds is 6. The molecule has 1 aliphatic rings. The molecule has 1 fully saturated rings. The Morgan fingerprint density at radius 1 is 1.40 bits per heavy atom. The summed E-state index contributed by atoms with van der Waals surface area (Å²) in [6.45, 7) is 4.06. The summed E-state index contributed by atoms with van der Waals surface area (Å²) in [5.74, 6) is 1.77. The summed E-state index contributed by atoms with van der Waals surface area (Å²) in [5.41, 5.74) is 7.73. The number of benzene rings is 1. The van der Waals surface area contributed by atoms with Gasteiger partial charge in [0, 0.05) is 37.7 Å². The molecule has 1 unspecified atom stereocenters. The fraction of sp³-hybridized carbons (Fsp3) is 0.381. The van der Waals surface area contributed by atoms with Crippen LogP contribution < -0.4 is 10.5 Å². The zero-order valence-electron chi connectivity index (χ0n) is 17.0. The molecule has 2 aromatic heterocycles. The lowest BCUT2D eigenvalue weighted by Crippen LogP contribution is -2.25. The number of likely N-dealkylation sites (tertiary alicyclic amines) is 1. The van der Waals surface area contributed by atoms with E-state index in [1.165, 1.54) is 11.8 Å². The average molecular weight is 446 g/mol. The van der Waals surface area contributed by atoms with E-state index in [0.717, 1.165) is 53.8 Å². The number of imidazole rings is 1. The number of carbonyl (C=O) groups is 1. The first-order chi connectivity index (χ1) is 14.5. The summed E-state index contributed by atoms with van der Waals surface area (Å²) < 4.78 is 7.51. The predicted molar refractivity (Wildman–Crippen MR) is 119 cm³/mol. The Balaban J connectivity index is 1.63. The highest BCUT2D eigenvalue weighted by Gasteiger charge is 2.25. The second-order valence-electron chi connectivity index (χ2n) is 7.42. The van der Waals surface area contributed by atoms with Gasteiger partial charge in [0.1, 0.15) is 11.3 Å². The number of ether oxygens (including phenoxy) is 1. The zero-order chi connectivity index (χ0) is 21.3. The SMILES string of the molecule is COc1ccc(Cl)c(Sc2nc3c(N)nccc3n2CCC2CCN(C(C)=O)C2)c1. The third-order valence-corrected chi connectivity index (χ3v) is 6.99. The number of fused-ring (bicyclic) bond motifs is 1. The first-order valence-corrected chi connectivity index (χ1v) is 11.0. The van der Waals surface area contributed by atoms with Gasteiger partial charge in [0.2, 0.25) is 5.91 Å². The first-order valence-electron chi connectivity index (χ1n) is 9.84. The minimum Gasteiger partial charge on any atom is -0.497 e. The van der Waals surface area contributed by atoms with Crippen molar-refractivity contribution in [1.29, 1.82) is 0 Å². The minimum absolute atomic E-state index is 0.147. The van der Waals surface area contributed by atoms with Crippen molar-refractivity contribution < 1.29 is 9.53 Å². The number of aryl methyl sites for hydroxylation is 1. The Morgan fingerprint density at radius 2 is 2.23 bits per heavy atom. The van der Waals surface area contributed by atoms with Gasteiger partial charge in [0.15, 0.2) is 11.0 Å². The van der Waals surface area contributed by atoms with Crippen molar-refractivity contribution in [2.75, 3.05) is 25.9 Å². The van der Waals surface area contributed by atoms with Crippen LogP contribution in [0.25, 0.3) is 11.0 Å². The van der Waals surface area contributed by atoms with Crippen LogP contribution in [-0.4, -0.2) is 45.5 Å². The zero-order valence-corrected chi connectivity index (χ0v) is 18.5. The second-order valence-corrected chi connectivity index (χ2v) is 8.83. The topological polar surface area (TPSA) is 86.3 Å². The summed E-state index contributed by atoms with van der Waals surface area (Å²) >= 11 is 7.91. The van der Waals surface area contributed by atoms with Crippen LogP contribution in [0.1, 0.15) is 19.8 Å². The van der Waals surface area contributed by atoms with Gasteiger partial charge in [0.25, 0.3) is 0 Å². The Bertz CT molecular complexity index is 1090. The van der Waals surface area contributed by atoms with Gasteiger partial charge in [-0.1, -0.05) is 11.6 Å². The highest BCUT2D eigenvalue weighted by atomic mass is 35.5. The van der Waals surface area contributed by atoms with Crippen molar-refractivity contribution in [3.63, 3.8) is 0 Å². The number of carbonyl (C=O) groups excluding carboxylic acids is 1. The molecule has 0 spiro atoms. The number of nitrogens with two attached hydrogens (primary N) is 1. The molecule has 0 bridgehead atoms. The maximum absolute atomic E-state index is 11.6. The van der Waals surface area contributed by atoms with E-state index in [1.807, 2.05) is 29.2 Å². The third kappa shape index (κ3) is 4.20. The van der Waals surface area contributed by atoms with E-state index < -0.39 is 0 Å². The Kier molecular flexibility index (Phi) is 6.06. The average Bonchev–Trinajstić information content (AvgIpc) is 3.34. The molecule has 1 amide bonds. The number of halogens is 1. The lowest BCUT2D eigenvalue weighted by atomic mass is 10.1.